The van der Waals surface area contributed by atoms with E-state index in [0.717, 1.165) is 17.4 Å². The smallest absolute Gasteiger partial charge is 0.144 e. The Labute approximate surface area is 197 Å². The van der Waals surface area contributed by atoms with Gasteiger partial charge in [-0.2, -0.15) is 5.26 Å². The van der Waals surface area contributed by atoms with Crippen molar-refractivity contribution < 1.29 is 14.2 Å². The number of halogens is 2. The zero-order valence-electron chi connectivity index (χ0n) is 18.7. The number of fused-ring (bicyclic) bond motifs is 1. The largest absolute Gasteiger partial charge is 0.492 e. The number of likely N-dealkylation sites (N-methyl/N-ethyl adjacent to an activating group) is 1. The lowest BCUT2D eigenvalue weighted by molar-refractivity contribution is 0.250. The SMILES string of the molecule is CCOc1cc2ncc(C#N)cc2cc1NC(O)/C=C/CN(C)C.Nc1ccc(F)c(Cl)c1. The second kappa shape index (κ2) is 12.6. The first-order valence-electron chi connectivity index (χ1n) is 10.2. The van der Waals surface area contributed by atoms with E-state index in [1.54, 1.807) is 18.2 Å². The number of hydrogen-bond acceptors (Lipinski definition) is 7. The van der Waals surface area contributed by atoms with Gasteiger partial charge in [0, 0.05) is 29.9 Å². The highest BCUT2D eigenvalue weighted by Gasteiger charge is 2.10. The van der Waals surface area contributed by atoms with Crippen molar-refractivity contribution in [1.29, 1.82) is 5.26 Å². The number of pyridine rings is 1. The van der Waals surface area contributed by atoms with Crippen molar-refractivity contribution >= 4 is 33.9 Å². The average molecular weight is 472 g/mol. The molecule has 0 fully saturated rings. The quantitative estimate of drug-likeness (QED) is 0.266. The molecule has 9 heteroatoms. The Hall–Kier alpha value is -3.38. The Bertz CT molecular complexity index is 1150. The van der Waals surface area contributed by atoms with Gasteiger partial charge < -0.3 is 25.8 Å². The molecule has 0 spiro atoms. The number of nitriles is 1. The molecule has 3 aromatic rings. The van der Waals surface area contributed by atoms with Gasteiger partial charge in [-0.05, 0) is 57.4 Å². The van der Waals surface area contributed by atoms with Crippen molar-refractivity contribution in [3.8, 4) is 11.8 Å². The van der Waals surface area contributed by atoms with Crippen molar-refractivity contribution in [3.63, 3.8) is 0 Å². The summed E-state index contributed by atoms with van der Waals surface area (Å²) in [4.78, 5) is 6.27. The second-order valence-corrected chi connectivity index (χ2v) is 7.67. The Morgan fingerprint density at radius 3 is 2.70 bits per heavy atom. The topological polar surface area (TPSA) is 107 Å². The van der Waals surface area contributed by atoms with Crippen LogP contribution in [0.5, 0.6) is 5.75 Å². The van der Waals surface area contributed by atoms with Gasteiger partial charge in [-0.3, -0.25) is 4.98 Å². The first-order chi connectivity index (χ1) is 15.7. The third kappa shape index (κ3) is 8.24. The van der Waals surface area contributed by atoms with Gasteiger partial charge in [-0.15, -0.1) is 0 Å². The Morgan fingerprint density at radius 1 is 1.33 bits per heavy atom. The van der Waals surface area contributed by atoms with E-state index in [9.17, 15) is 9.50 Å². The van der Waals surface area contributed by atoms with Crippen LogP contribution in [-0.4, -0.2) is 48.5 Å². The van der Waals surface area contributed by atoms with Crippen molar-refractivity contribution in [3.05, 3.63) is 71.2 Å². The van der Waals surface area contributed by atoms with Crippen LogP contribution in [0.3, 0.4) is 0 Å². The third-order valence-electron chi connectivity index (χ3n) is 4.25. The summed E-state index contributed by atoms with van der Waals surface area (Å²) in [7, 11) is 3.92. The molecule has 0 saturated heterocycles. The summed E-state index contributed by atoms with van der Waals surface area (Å²) in [6, 6.07) is 11.5. The molecule has 0 aliphatic carbocycles. The minimum absolute atomic E-state index is 0.0648. The number of ether oxygens (including phenoxy) is 1. The predicted molar refractivity (Wildman–Crippen MR) is 131 cm³/mol. The molecule has 0 aliphatic heterocycles. The van der Waals surface area contributed by atoms with E-state index in [1.165, 1.54) is 24.4 Å². The van der Waals surface area contributed by atoms with Gasteiger partial charge in [0.05, 0.1) is 28.4 Å². The van der Waals surface area contributed by atoms with Crippen molar-refractivity contribution in [2.45, 2.75) is 13.2 Å². The maximum atomic E-state index is 12.3. The van der Waals surface area contributed by atoms with Crippen LogP contribution in [0.4, 0.5) is 15.8 Å². The lowest BCUT2D eigenvalue weighted by atomic mass is 10.1. The molecular formula is C24H27ClFN5O2. The third-order valence-corrected chi connectivity index (χ3v) is 4.54. The molecule has 0 bridgehead atoms. The van der Waals surface area contributed by atoms with Crippen LogP contribution in [0.15, 0.2) is 54.7 Å². The van der Waals surface area contributed by atoms with E-state index in [-0.39, 0.29) is 5.02 Å². The normalized spacial score (nSPS) is 11.7. The number of hydrogen-bond donors (Lipinski definition) is 3. The zero-order chi connectivity index (χ0) is 24.4. The summed E-state index contributed by atoms with van der Waals surface area (Å²) in [6.45, 7) is 3.14. The standard InChI is InChI=1S/C18H22N4O2.C6H5ClFN/c1-4-24-17-10-15-14(8-13(11-19)12-20-15)9-16(17)21-18(23)6-5-7-22(2)3;7-5-3-4(9)1-2-6(5)8/h5-6,8-10,12,18,21,23H,4,7H2,1-3H3;1-3H,9H2/b6-5+;. The molecule has 1 unspecified atom stereocenters. The van der Waals surface area contributed by atoms with E-state index in [2.05, 4.69) is 16.4 Å². The van der Waals surface area contributed by atoms with Gasteiger partial charge in [0.25, 0.3) is 0 Å². The fraction of sp³-hybridized carbons (Fsp3) is 0.250. The fourth-order valence-corrected chi connectivity index (χ4v) is 2.92. The molecule has 0 amide bonds. The maximum Gasteiger partial charge on any atom is 0.144 e. The number of anilines is 2. The monoisotopic (exact) mass is 471 g/mol. The molecule has 174 valence electrons. The van der Waals surface area contributed by atoms with E-state index < -0.39 is 12.0 Å². The molecule has 0 saturated carbocycles. The molecule has 4 N–H and O–H groups in total. The summed E-state index contributed by atoms with van der Waals surface area (Å²) in [5.74, 6) is 0.174. The summed E-state index contributed by atoms with van der Waals surface area (Å²) in [6.07, 6.45) is 4.26. The lowest BCUT2D eigenvalue weighted by Gasteiger charge is -2.16. The molecule has 1 aromatic heterocycles. The van der Waals surface area contributed by atoms with Gasteiger partial charge in [0.2, 0.25) is 0 Å². The van der Waals surface area contributed by atoms with Crippen LogP contribution < -0.4 is 15.8 Å². The van der Waals surface area contributed by atoms with Gasteiger partial charge in [-0.1, -0.05) is 17.7 Å². The van der Waals surface area contributed by atoms with Gasteiger partial charge in [-0.25, -0.2) is 4.39 Å². The number of nitrogens with two attached hydrogens (primary N) is 1. The van der Waals surface area contributed by atoms with Crippen molar-refractivity contribution in [2.75, 3.05) is 38.3 Å². The van der Waals surface area contributed by atoms with Crippen LogP contribution in [0.1, 0.15) is 12.5 Å². The molecular weight excluding hydrogens is 445 g/mol. The summed E-state index contributed by atoms with van der Waals surface area (Å²) in [5.41, 5.74) is 7.63. The van der Waals surface area contributed by atoms with Crippen LogP contribution in [-0.2, 0) is 0 Å². The lowest BCUT2D eigenvalue weighted by Crippen LogP contribution is -2.18. The van der Waals surface area contributed by atoms with Crippen LogP contribution >= 0.6 is 11.6 Å². The van der Waals surface area contributed by atoms with E-state index in [4.69, 9.17) is 27.3 Å². The number of rotatable bonds is 7. The number of aliphatic hydroxyl groups excluding tert-OH is 1. The minimum atomic E-state index is -0.839. The highest BCUT2D eigenvalue weighted by molar-refractivity contribution is 6.31. The highest BCUT2D eigenvalue weighted by atomic mass is 35.5. The first-order valence-corrected chi connectivity index (χ1v) is 10.5. The molecule has 1 heterocycles. The Kier molecular flexibility index (Phi) is 9.88. The van der Waals surface area contributed by atoms with Crippen LogP contribution in [0, 0.1) is 17.1 Å². The Balaban J connectivity index is 0.000000357. The van der Waals surface area contributed by atoms with Gasteiger partial charge in [0.1, 0.15) is 23.9 Å². The fourth-order valence-electron chi connectivity index (χ4n) is 2.73. The molecule has 2 aromatic carbocycles. The molecule has 0 aliphatic rings. The molecule has 0 radical (unpaired) electrons. The van der Waals surface area contributed by atoms with Gasteiger partial charge >= 0.3 is 0 Å². The number of aromatic nitrogens is 1. The number of nitrogens with zero attached hydrogens (tertiary/aromatic N) is 3. The maximum absolute atomic E-state index is 12.3. The first kappa shape index (κ1) is 25.9. The number of aliphatic hydroxyl groups is 1. The van der Waals surface area contributed by atoms with Crippen molar-refractivity contribution in [2.24, 2.45) is 0 Å². The van der Waals surface area contributed by atoms with E-state index in [1.807, 2.05) is 38.1 Å². The van der Waals surface area contributed by atoms with E-state index in [0.29, 0.717) is 29.3 Å². The van der Waals surface area contributed by atoms with Gasteiger partial charge in [0.15, 0.2) is 0 Å². The number of benzene rings is 2. The Morgan fingerprint density at radius 2 is 2.09 bits per heavy atom. The number of nitrogen functional groups attached to an aromatic ring is 1. The summed E-state index contributed by atoms with van der Waals surface area (Å²) >= 11 is 5.36. The summed E-state index contributed by atoms with van der Waals surface area (Å²) in [5, 5.41) is 23.0. The van der Waals surface area contributed by atoms with Crippen LogP contribution in [0.2, 0.25) is 5.02 Å². The number of nitrogens with one attached hydrogen (secondary N) is 1. The zero-order valence-corrected chi connectivity index (χ0v) is 19.5. The molecule has 3 rings (SSSR count). The molecule has 33 heavy (non-hydrogen) atoms. The molecule has 7 nitrogen and oxygen atoms in total. The van der Waals surface area contributed by atoms with Crippen LogP contribution in [0.25, 0.3) is 10.9 Å². The average Bonchev–Trinajstić information content (AvgIpc) is 2.77. The predicted octanol–water partition coefficient (Wildman–Crippen LogP) is 4.41. The van der Waals surface area contributed by atoms with E-state index >= 15 is 0 Å². The molecule has 1 atom stereocenters. The highest BCUT2D eigenvalue weighted by Crippen LogP contribution is 2.30. The second-order valence-electron chi connectivity index (χ2n) is 7.26. The van der Waals surface area contributed by atoms with Crippen molar-refractivity contribution in [1.82, 2.24) is 9.88 Å². The minimum Gasteiger partial charge on any atom is -0.492 e. The summed E-state index contributed by atoms with van der Waals surface area (Å²) < 4.78 is 17.9.